The van der Waals surface area contributed by atoms with Gasteiger partial charge in [-0.2, -0.15) is 0 Å². The third-order valence-electron chi connectivity index (χ3n) is 1.42. The lowest BCUT2D eigenvalue weighted by Crippen LogP contribution is -2.46. The zero-order valence-corrected chi connectivity index (χ0v) is 6.24. The van der Waals surface area contributed by atoms with Crippen molar-refractivity contribution in [2.45, 2.75) is 24.4 Å². The van der Waals surface area contributed by atoms with Crippen molar-refractivity contribution in [3.63, 3.8) is 0 Å². The number of carbonyl (C=O) groups is 1. The van der Waals surface area contributed by atoms with Crippen LogP contribution in [0.2, 0.25) is 0 Å². The Balaban J connectivity index is 4.07. The van der Waals surface area contributed by atoms with Crippen molar-refractivity contribution < 1.29 is 30.3 Å². The Labute approximate surface area is 68.7 Å². The van der Waals surface area contributed by atoms with Gasteiger partial charge in [-0.05, 0) is 0 Å². The van der Waals surface area contributed by atoms with E-state index < -0.39 is 31.0 Å². The first-order chi connectivity index (χ1) is 5.54. The molecule has 0 radical (unpaired) electrons. The fraction of sp³-hybridized carbons (Fsp3) is 0.833. The molecule has 0 aromatic rings. The number of hydrogen-bond acceptors (Lipinski definition) is 6. The molecule has 6 nitrogen and oxygen atoms in total. The summed E-state index contributed by atoms with van der Waals surface area (Å²) in [4.78, 5) is 9.90. The van der Waals surface area contributed by atoms with E-state index in [-0.39, 0.29) is 6.29 Å². The summed E-state index contributed by atoms with van der Waals surface area (Å²) in [6.07, 6.45) is -6.84. The number of aldehydes is 1. The van der Waals surface area contributed by atoms with Crippen LogP contribution in [0.1, 0.15) is 0 Å². The summed E-state index contributed by atoms with van der Waals surface area (Å²) in [5, 5.41) is 43.5. The van der Waals surface area contributed by atoms with Crippen LogP contribution in [0.15, 0.2) is 0 Å². The lowest BCUT2D eigenvalue weighted by atomic mass is 11.0. The van der Waals surface area contributed by atoms with E-state index in [1.54, 1.807) is 0 Å². The second-order valence-corrected chi connectivity index (χ2v) is 2.36. The smallest absolute Gasteiger partial charge is 0.151 e. The van der Waals surface area contributed by atoms with E-state index in [2.05, 4.69) is 0 Å². The summed E-state index contributed by atoms with van der Waals surface area (Å²) < 4.78 is 0. The molecule has 0 saturated heterocycles. The molecule has 0 aliphatic carbocycles. The number of hydrogen-bond donors (Lipinski definition) is 5. The van der Waals surface area contributed by atoms with Gasteiger partial charge in [0.15, 0.2) is 6.29 Å². The van der Waals surface area contributed by atoms with Gasteiger partial charge in [0, 0.05) is 0 Å². The average molecular weight is 186 g/mol. The summed E-state index contributed by atoms with van der Waals surface area (Å²) in [5.74, 6) is 0. The Bertz CT molecular complexity index is 138. The Kier molecular flexibility index (Phi) is 4.95. The molecule has 0 aliphatic rings. The standard InChI is InChI=1S/C6H12O6/c7-1-3(9)5(11)6(12)4(10)2-8/h1,3-6,8-12H,2H2/t3-,4+,5+,6+/m0/s1/i1+1,2+1,3+1,4+1,5+1,6+1. The number of carbonyl (C=O) groups excluding carboxylic acids is 1. The highest BCUT2D eigenvalue weighted by molar-refractivity contribution is 5.56. The molecule has 0 spiro atoms. The number of aliphatic hydroxyl groups excluding tert-OH is 5. The normalized spacial score (nSPS) is 21.1. The molecule has 5 N–H and O–H groups in total. The van der Waals surface area contributed by atoms with Gasteiger partial charge >= 0.3 is 0 Å². The molecule has 0 heterocycles. The van der Waals surface area contributed by atoms with Crippen molar-refractivity contribution in [2.24, 2.45) is 0 Å². The molecule has 0 aromatic heterocycles. The SMILES string of the molecule is O=[13CH][13C@H](O)[13C@@H](O)[13C@H](O)[13C@H](O)[13CH2]O. The molecule has 12 heavy (non-hydrogen) atoms. The van der Waals surface area contributed by atoms with Gasteiger partial charge in [-0.1, -0.05) is 0 Å². The van der Waals surface area contributed by atoms with E-state index in [9.17, 15) is 4.79 Å². The molecule has 0 aliphatic heterocycles. The van der Waals surface area contributed by atoms with E-state index >= 15 is 0 Å². The van der Waals surface area contributed by atoms with Crippen LogP contribution in [-0.2, 0) is 4.79 Å². The van der Waals surface area contributed by atoms with Crippen LogP contribution in [0.3, 0.4) is 0 Å². The van der Waals surface area contributed by atoms with Crippen LogP contribution in [0.5, 0.6) is 0 Å². The second-order valence-electron chi connectivity index (χ2n) is 2.36. The number of rotatable bonds is 5. The molecule has 0 unspecified atom stereocenters. The first-order valence-electron chi connectivity index (χ1n) is 3.33. The molecular weight excluding hydrogens is 174 g/mol. The van der Waals surface area contributed by atoms with Crippen molar-refractivity contribution in [1.82, 2.24) is 0 Å². The van der Waals surface area contributed by atoms with Crippen LogP contribution >= 0.6 is 0 Å². The summed E-state index contributed by atoms with van der Waals surface area (Å²) in [5.41, 5.74) is 0. The highest BCUT2D eigenvalue weighted by atomic mass is 16.6. The molecule has 0 saturated carbocycles. The quantitative estimate of drug-likeness (QED) is 0.226. The first kappa shape index (κ1) is 11.5. The minimum absolute atomic E-state index is 0.0258. The van der Waals surface area contributed by atoms with E-state index in [1.165, 1.54) is 0 Å². The number of aliphatic hydroxyl groups is 5. The minimum atomic E-state index is -1.79. The Hall–Kier alpha value is -0.530. The van der Waals surface area contributed by atoms with E-state index in [4.69, 9.17) is 25.5 Å². The van der Waals surface area contributed by atoms with Gasteiger partial charge in [-0.25, -0.2) is 0 Å². The Morgan fingerprint density at radius 3 is 1.92 bits per heavy atom. The second kappa shape index (κ2) is 5.18. The van der Waals surface area contributed by atoms with Gasteiger partial charge < -0.3 is 30.3 Å². The minimum Gasteiger partial charge on any atom is -0.394 e. The fourth-order valence-electron chi connectivity index (χ4n) is 0.618. The van der Waals surface area contributed by atoms with Crippen molar-refractivity contribution >= 4 is 6.29 Å². The molecule has 0 fully saturated rings. The zero-order chi connectivity index (χ0) is 9.72. The third-order valence-corrected chi connectivity index (χ3v) is 1.42. The van der Waals surface area contributed by atoms with Gasteiger partial charge in [0.25, 0.3) is 0 Å². The molecular formula is C6H12O6. The van der Waals surface area contributed by atoms with Crippen LogP contribution in [0.4, 0.5) is 0 Å². The summed E-state index contributed by atoms with van der Waals surface area (Å²) in [6.45, 7) is -0.760. The predicted octanol–water partition coefficient (Wildman–Crippen LogP) is -3.38. The molecule has 72 valence electrons. The van der Waals surface area contributed by atoms with Gasteiger partial charge in [0.2, 0.25) is 0 Å². The fourth-order valence-corrected chi connectivity index (χ4v) is 0.618. The van der Waals surface area contributed by atoms with Crippen molar-refractivity contribution in [2.75, 3.05) is 6.61 Å². The van der Waals surface area contributed by atoms with E-state index in [0.29, 0.717) is 0 Å². The molecule has 0 bridgehead atoms. The lowest BCUT2D eigenvalue weighted by molar-refractivity contribution is -0.136. The van der Waals surface area contributed by atoms with Crippen molar-refractivity contribution in [3.8, 4) is 0 Å². The zero-order valence-electron chi connectivity index (χ0n) is 6.24. The molecule has 0 rings (SSSR count). The van der Waals surface area contributed by atoms with Crippen LogP contribution in [0, 0.1) is 0 Å². The van der Waals surface area contributed by atoms with E-state index in [0.717, 1.165) is 0 Å². The van der Waals surface area contributed by atoms with Gasteiger partial charge in [0.05, 0.1) is 6.61 Å². The highest BCUT2D eigenvalue weighted by Gasteiger charge is 2.29. The first-order valence-corrected chi connectivity index (χ1v) is 3.33. The van der Waals surface area contributed by atoms with E-state index in [1.807, 2.05) is 0 Å². The van der Waals surface area contributed by atoms with Gasteiger partial charge in [-0.15, -0.1) is 0 Å². The predicted molar refractivity (Wildman–Crippen MR) is 37.2 cm³/mol. The van der Waals surface area contributed by atoms with Crippen LogP contribution < -0.4 is 0 Å². The third kappa shape index (κ3) is 2.84. The van der Waals surface area contributed by atoms with Crippen LogP contribution in [-0.4, -0.2) is 62.8 Å². The molecule has 0 aromatic carbocycles. The topological polar surface area (TPSA) is 118 Å². The lowest BCUT2D eigenvalue weighted by Gasteiger charge is -2.22. The van der Waals surface area contributed by atoms with Crippen molar-refractivity contribution in [1.29, 1.82) is 0 Å². The summed E-state index contributed by atoms with van der Waals surface area (Å²) in [7, 11) is 0. The van der Waals surface area contributed by atoms with Gasteiger partial charge in [0.1, 0.15) is 24.4 Å². The Morgan fingerprint density at radius 1 is 1.08 bits per heavy atom. The highest BCUT2D eigenvalue weighted by Crippen LogP contribution is 2.02. The van der Waals surface area contributed by atoms with Gasteiger partial charge in [-0.3, -0.25) is 0 Å². The molecule has 6 heteroatoms. The molecule has 4 atom stereocenters. The maximum Gasteiger partial charge on any atom is 0.151 e. The maximum atomic E-state index is 9.90. The summed E-state index contributed by atoms with van der Waals surface area (Å²) in [6, 6.07) is 0. The average Bonchev–Trinajstić information content (AvgIpc) is 2.12. The largest absolute Gasteiger partial charge is 0.394 e. The monoisotopic (exact) mass is 186 g/mol. The Morgan fingerprint density at radius 2 is 1.58 bits per heavy atom. The van der Waals surface area contributed by atoms with Crippen LogP contribution in [0.25, 0.3) is 0 Å². The van der Waals surface area contributed by atoms with Crippen molar-refractivity contribution in [3.05, 3.63) is 0 Å². The summed E-state index contributed by atoms with van der Waals surface area (Å²) >= 11 is 0. The molecule has 0 amide bonds. The maximum absolute atomic E-state index is 9.90.